The minimum absolute atomic E-state index is 0.0531. The maximum Gasteiger partial charge on any atom is 0.490 e. The Balaban J connectivity index is 0.000000587. The SMILES string of the molecule is Cc1ccccc1S(=O)(=O)Nc1cc(C(=O)O)cnc1N1CCC(CCN2CCCCC2)CC1.O=C(O)C(F)(F)F. The highest BCUT2D eigenvalue weighted by atomic mass is 32.2. The number of aliphatic carboxylic acids is 1. The van der Waals surface area contributed by atoms with Crippen LogP contribution in [0, 0.1) is 12.8 Å². The van der Waals surface area contributed by atoms with Gasteiger partial charge in [0.2, 0.25) is 0 Å². The van der Waals surface area contributed by atoms with Gasteiger partial charge < -0.3 is 20.0 Å². The zero-order valence-electron chi connectivity index (χ0n) is 22.7. The molecule has 10 nitrogen and oxygen atoms in total. The van der Waals surface area contributed by atoms with Crippen molar-refractivity contribution in [2.45, 2.75) is 56.5 Å². The number of sulfonamides is 1. The molecule has 226 valence electrons. The van der Waals surface area contributed by atoms with Gasteiger partial charge in [-0.05, 0) is 82.3 Å². The van der Waals surface area contributed by atoms with Crippen molar-refractivity contribution in [1.82, 2.24) is 9.88 Å². The first-order valence-electron chi connectivity index (χ1n) is 13.4. The largest absolute Gasteiger partial charge is 0.490 e. The zero-order chi connectivity index (χ0) is 30.2. The number of halogens is 3. The average Bonchev–Trinajstić information content (AvgIpc) is 2.92. The van der Waals surface area contributed by atoms with Crippen LogP contribution in [0.15, 0.2) is 41.4 Å². The summed E-state index contributed by atoms with van der Waals surface area (Å²) in [6, 6.07) is 8.09. The van der Waals surface area contributed by atoms with E-state index in [-0.39, 0.29) is 16.1 Å². The molecule has 0 unspecified atom stereocenters. The topological polar surface area (TPSA) is 140 Å². The molecule has 0 atom stereocenters. The smallest absolute Gasteiger partial charge is 0.478 e. The Morgan fingerprint density at radius 2 is 1.66 bits per heavy atom. The molecule has 0 amide bonds. The standard InChI is InChI=1S/C25H34N4O4S.C2HF3O2/c1-19-7-3-4-8-23(19)34(32,33)27-22-17-21(25(30)31)18-26-24(22)29-15-10-20(11-16-29)9-14-28-12-5-2-6-13-28;3-2(4,5)1(6)7/h3-4,7-8,17-18,20,27H,2,5-6,9-16H2,1H3,(H,30,31);(H,6,7). The highest BCUT2D eigenvalue weighted by molar-refractivity contribution is 7.92. The fourth-order valence-electron chi connectivity index (χ4n) is 4.94. The van der Waals surface area contributed by atoms with Crippen molar-refractivity contribution < 1.29 is 41.4 Å². The number of hydrogen-bond acceptors (Lipinski definition) is 7. The Kier molecular flexibility index (Phi) is 11.0. The molecular weight excluding hydrogens is 565 g/mol. The van der Waals surface area contributed by atoms with E-state index in [0.717, 1.165) is 32.5 Å². The highest BCUT2D eigenvalue weighted by Gasteiger charge is 2.38. The van der Waals surface area contributed by atoms with Gasteiger partial charge in [-0.15, -0.1) is 0 Å². The van der Waals surface area contributed by atoms with E-state index in [2.05, 4.69) is 19.5 Å². The molecule has 1 aromatic carbocycles. The number of hydrogen-bond donors (Lipinski definition) is 3. The van der Waals surface area contributed by atoms with Crippen molar-refractivity contribution in [2.75, 3.05) is 42.3 Å². The average molecular weight is 601 g/mol. The van der Waals surface area contributed by atoms with Gasteiger partial charge in [-0.3, -0.25) is 4.72 Å². The summed E-state index contributed by atoms with van der Waals surface area (Å²) in [6.07, 6.45) is 3.38. The number of aromatic nitrogens is 1. The van der Waals surface area contributed by atoms with Crippen LogP contribution in [0.1, 0.15) is 54.4 Å². The van der Waals surface area contributed by atoms with Crippen LogP contribution in [0.4, 0.5) is 24.7 Å². The third-order valence-electron chi connectivity index (χ3n) is 7.20. The minimum Gasteiger partial charge on any atom is -0.478 e. The lowest BCUT2D eigenvalue weighted by molar-refractivity contribution is -0.192. The summed E-state index contributed by atoms with van der Waals surface area (Å²) in [4.78, 5) is 29.6. The number of anilines is 2. The van der Waals surface area contributed by atoms with E-state index in [1.54, 1.807) is 31.2 Å². The second kappa shape index (κ2) is 14.0. The third-order valence-corrected chi connectivity index (χ3v) is 8.73. The summed E-state index contributed by atoms with van der Waals surface area (Å²) in [5.41, 5.74) is 0.769. The maximum atomic E-state index is 13.1. The predicted octanol–water partition coefficient (Wildman–Crippen LogP) is 4.61. The number of piperidine rings is 2. The fourth-order valence-corrected chi connectivity index (χ4v) is 6.24. The van der Waals surface area contributed by atoms with Crippen LogP contribution in [0.5, 0.6) is 0 Å². The van der Waals surface area contributed by atoms with Crippen molar-refractivity contribution in [3.05, 3.63) is 47.7 Å². The molecule has 14 heteroatoms. The van der Waals surface area contributed by atoms with Gasteiger partial charge in [0.25, 0.3) is 10.0 Å². The molecule has 0 aliphatic carbocycles. The monoisotopic (exact) mass is 600 g/mol. The fraction of sp³-hybridized carbons (Fsp3) is 0.519. The summed E-state index contributed by atoms with van der Waals surface area (Å²) in [6.45, 7) is 6.84. The van der Waals surface area contributed by atoms with Crippen LogP contribution in [-0.4, -0.2) is 79.4 Å². The van der Waals surface area contributed by atoms with Crippen LogP contribution in [0.25, 0.3) is 0 Å². The van der Waals surface area contributed by atoms with Gasteiger partial charge in [-0.25, -0.2) is 23.0 Å². The molecule has 1 aromatic heterocycles. The van der Waals surface area contributed by atoms with Gasteiger partial charge in [0.05, 0.1) is 16.1 Å². The van der Waals surface area contributed by atoms with E-state index in [0.29, 0.717) is 17.3 Å². The second-order valence-corrected chi connectivity index (χ2v) is 11.8. The molecule has 2 saturated heterocycles. The van der Waals surface area contributed by atoms with Crippen molar-refractivity contribution >= 4 is 33.5 Å². The number of nitrogens with one attached hydrogen (secondary N) is 1. The van der Waals surface area contributed by atoms with Crippen LogP contribution in [-0.2, 0) is 14.8 Å². The van der Waals surface area contributed by atoms with E-state index in [9.17, 15) is 31.5 Å². The van der Waals surface area contributed by atoms with Crippen molar-refractivity contribution in [1.29, 1.82) is 0 Å². The van der Waals surface area contributed by atoms with Gasteiger partial charge >= 0.3 is 18.1 Å². The van der Waals surface area contributed by atoms with E-state index in [4.69, 9.17) is 9.90 Å². The molecule has 0 saturated carbocycles. The van der Waals surface area contributed by atoms with Crippen LogP contribution >= 0.6 is 0 Å². The molecule has 0 spiro atoms. The Morgan fingerprint density at radius 1 is 1.05 bits per heavy atom. The molecule has 0 radical (unpaired) electrons. The molecular formula is C27H35F3N4O6S. The number of carboxylic acid groups (broad SMARTS) is 2. The van der Waals surface area contributed by atoms with Crippen LogP contribution < -0.4 is 9.62 Å². The van der Waals surface area contributed by atoms with Crippen LogP contribution in [0.2, 0.25) is 0 Å². The summed E-state index contributed by atoms with van der Waals surface area (Å²) in [7, 11) is -3.89. The van der Waals surface area contributed by atoms with Gasteiger partial charge in [0.1, 0.15) is 0 Å². The molecule has 2 aromatic rings. The number of alkyl halides is 3. The van der Waals surface area contributed by atoms with E-state index >= 15 is 0 Å². The van der Waals surface area contributed by atoms with Crippen molar-refractivity contribution in [3.8, 4) is 0 Å². The molecule has 41 heavy (non-hydrogen) atoms. The predicted molar refractivity (Wildman–Crippen MR) is 147 cm³/mol. The number of aryl methyl sites for hydroxylation is 1. The number of nitrogens with zero attached hydrogens (tertiary/aromatic N) is 3. The number of pyridine rings is 1. The quantitative estimate of drug-likeness (QED) is 0.396. The van der Waals surface area contributed by atoms with Crippen molar-refractivity contribution in [3.63, 3.8) is 0 Å². The summed E-state index contributed by atoms with van der Waals surface area (Å²) < 4.78 is 60.6. The molecule has 3 N–H and O–H groups in total. The zero-order valence-corrected chi connectivity index (χ0v) is 23.5. The lowest BCUT2D eigenvalue weighted by atomic mass is 9.93. The summed E-state index contributed by atoms with van der Waals surface area (Å²) in [5.74, 6) is -2.78. The van der Waals surface area contributed by atoms with Gasteiger partial charge in [-0.2, -0.15) is 13.2 Å². The lowest BCUT2D eigenvalue weighted by Crippen LogP contribution is -2.37. The third kappa shape index (κ3) is 9.32. The molecule has 2 aliphatic rings. The molecule has 4 rings (SSSR count). The Hall–Kier alpha value is -3.39. The highest BCUT2D eigenvalue weighted by Crippen LogP contribution is 2.32. The van der Waals surface area contributed by atoms with Crippen LogP contribution in [0.3, 0.4) is 0 Å². The Labute approximate surface area is 237 Å². The molecule has 2 fully saturated rings. The molecule has 0 bridgehead atoms. The second-order valence-electron chi connectivity index (χ2n) is 10.2. The number of benzene rings is 1. The number of likely N-dealkylation sites (tertiary alicyclic amines) is 1. The number of carbonyl (C=O) groups is 2. The maximum absolute atomic E-state index is 13.1. The lowest BCUT2D eigenvalue weighted by Gasteiger charge is -2.35. The van der Waals surface area contributed by atoms with E-state index in [1.807, 2.05) is 0 Å². The normalized spacial score (nSPS) is 16.9. The summed E-state index contributed by atoms with van der Waals surface area (Å²) in [5, 5.41) is 16.6. The summed E-state index contributed by atoms with van der Waals surface area (Å²) >= 11 is 0. The van der Waals surface area contributed by atoms with Gasteiger partial charge in [0, 0.05) is 19.3 Å². The molecule has 2 aliphatic heterocycles. The van der Waals surface area contributed by atoms with E-state index < -0.39 is 28.1 Å². The first kappa shape index (κ1) is 32.1. The Bertz CT molecular complexity index is 1310. The van der Waals surface area contributed by atoms with E-state index in [1.165, 1.54) is 51.0 Å². The minimum atomic E-state index is -5.08. The van der Waals surface area contributed by atoms with Gasteiger partial charge in [-0.1, -0.05) is 24.6 Å². The Morgan fingerprint density at radius 3 is 2.22 bits per heavy atom. The number of carboxylic acids is 2. The first-order valence-corrected chi connectivity index (χ1v) is 14.9. The number of aromatic carboxylic acids is 1. The number of rotatable bonds is 8. The first-order chi connectivity index (χ1) is 19.3. The van der Waals surface area contributed by atoms with Crippen molar-refractivity contribution in [2.24, 2.45) is 5.92 Å². The molecule has 3 heterocycles. The van der Waals surface area contributed by atoms with Gasteiger partial charge in [0.15, 0.2) is 5.82 Å².